The molecule has 1 aliphatic carbocycles. The van der Waals surface area contributed by atoms with Crippen molar-refractivity contribution in [1.82, 2.24) is 0 Å². The molecule has 2 heteroatoms. The second-order valence-corrected chi connectivity index (χ2v) is 11.1. The predicted molar refractivity (Wildman–Crippen MR) is 164 cm³/mol. The molecule has 39 heavy (non-hydrogen) atoms. The summed E-state index contributed by atoms with van der Waals surface area (Å²) < 4.78 is 7.75. The Morgan fingerprint density at radius 1 is 0.487 bits per heavy atom. The maximum atomic E-state index is 6.67. The van der Waals surface area contributed by atoms with Gasteiger partial charge in [-0.25, -0.2) is 0 Å². The number of furan rings is 1. The summed E-state index contributed by atoms with van der Waals surface area (Å²) in [5, 5.41) is 2.30. The predicted octanol–water partition coefficient (Wildman–Crippen LogP) is 10.4. The summed E-state index contributed by atoms with van der Waals surface area (Å²) in [6.45, 7) is 0. The van der Waals surface area contributed by atoms with Gasteiger partial charge in [0.1, 0.15) is 11.2 Å². The first-order valence-corrected chi connectivity index (χ1v) is 14.0. The maximum Gasteiger partial charge on any atom is 0.140 e. The summed E-state index contributed by atoms with van der Waals surface area (Å²) in [6.07, 6.45) is 0. The lowest BCUT2D eigenvalue weighted by atomic mass is 9.67. The van der Waals surface area contributed by atoms with Crippen LogP contribution in [0.3, 0.4) is 0 Å². The molecule has 6 aromatic carbocycles. The standard InChI is InChI=1S/C37H23BrO/c38-27-10-7-9-25(23-27)24-19-21-26(22-20-24)37(32-15-4-1-11-28(32)29-12-2-5-16-33(29)37)34-17-8-14-31-30-13-3-6-18-35(30)39-36(31)34/h1-23H. The molecular weight excluding hydrogens is 540 g/mol. The van der Waals surface area contributed by atoms with E-state index in [4.69, 9.17) is 4.42 Å². The highest BCUT2D eigenvalue weighted by atomic mass is 79.9. The van der Waals surface area contributed by atoms with E-state index in [0.717, 1.165) is 26.4 Å². The van der Waals surface area contributed by atoms with Crippen molar-refractivity contribution in [2.24, 2.45) is 0 Å². The fourth-order valence-corrected chi connectivity index (χ4v) is 7.01. The van der Waals surface area contributed by atoms with Gasteiger partial charge in [-0.05, 0) is 57.1 Å². The van der Waals surface area contributed by atoms with E-state index in [9.17, 15) is 0 Å². The SMILES string of the molecule is Brc1cccc(-c2ccc(C3(c4cccc5c4oc4ccccc45)c4ccccc4-c4ccccc43)cc2)c1. The van der Waals surface area contributed by atoms with Crippen molar-refractivity contribution in [1.29, 1.82) is 0 Å². The lowest BCUT2D eigenvalue weighted by molar-refractivity contribution is 0.648. The van der Waals surface area contributed by atoms with Crippen molar-refractivity contribution < 1.29 is 4.42 Å². The highest BCUT2D eigenvalue weighted by Gasteiger charge is 2.47. The third-order valence-corrected chi connectivity index (χ3v) is 8.73. The van der Waals surface area contributed by atoms with Gasteiger partial charge in [-0.1, -0.05) is 137 Å². The number of halogens is 1. The lowest BCUT2D eigenvalue weighted by Crippen LogP contribution is -2.28. The fourth-order valence-electron chi connectivity index (χ4n) is 6.61. The Balaban J connectivity index is 1.48. The Kier molecular flexibility index (Phi) is 4.95. The Bertz CT molecular complexity index is 1980. The van der Waals surface area contributed by atoms with E-state index < -0.39 is 5.41 Å². The third kappa shape index (κ3) is 3.19. The van der Waals surface area contributed by atoms with Crippen LogP contribution in [0.2, 0.25) is 0 Å². The normalized spacial score (nSPS) is 13.5. The molecule has 0 bridgehead atoms. The minimum atomic E-state index is -0.517. The van der Waals surface area contributed by atoms with Gasteiger partial charge in [-0.15, -0.1) is 0 Å². The van der Waals surface area contributed by atoms with Gasteiger partial charge in [0.25, 0.3) is 0 Å². The quantitative estimate of drug-likeness (QED) is 0.208. The molecule has 0 fully saturated rings. The molecule has 7 aromatic rings. The highest BCUT2D eigenvalue weighted by molar-refractivity contribution is 9.10. The summed E-state index contributed by atoms with van der Waals surface area (Å²) in [4.78, 5) is 0. The third-order valence-electron chi connectivity index (χ3n) is 8.24. The topological polar surface area (TPSA) is 13.1 Å². The number of rotatable bonds is 3. The van der Waals surface area contributed by atoms with Gasteiger partial charge >= 0.3 is 0 Å². The van der Waals surface area contributed by atoms with E-state index in [1.54, 1.807) is 0 Å². The van der Waals surface area contributed by atoms with E-state index in [2.05, 4.69) is 149 Å². The molecule has 8 rings (SSSR count). The smallest absolute Gasteiger partial charge is 0.140 e. The van der Waals surface area contributed by atoms with Crippen LogP contribution in [0.4, 0.5) is 0 Å². The van der Waals surface area contributed by atoms with Crippen LogP contribution in [-0.2, 0) is 5.41 Å². The van der Waals surface area contributed by atoms with Crippen LogP contribution in [-0.4, -0.2) is 0 Å². The number of fused-ring (bicyclic) bond motifs is 6. The largest absolute Gasteiger partial charge is 0.456 e. The van der Waals surface area contributed by atoms with Gasteiger partial charge in [-0.3, -0.25) is 0 Å². The Labute approximate surface area is 235 Å². The molecule has 0 unspecified atom stereocenters. The van der Waals surface area contributed by atoms with Crippen LogP contribution in [0.1, 0.15) is 22.3 Å². The van der Waals surface area contributed by atoms with Crippen LogP contribution in [0.25, 0.3) is 44.2 Å². The molecule has 0 saturated heterocycles. The van der Waals surface area contributed by atoms with Crippen LogP contribution in [0, 0.1) is 0 Å². The van der Waals surface area contributed by atoms with E-state index in [0.29, 0.717) is 0 Å². The molecule has 0 saturated carbocycles. The summed E-state index contributed by atoms with van der Waals surface area (Å²) in [5.41, 5.74) is 11.2. The molecule has 0 N–H and O–H groups in total. The molecule has 0 aliphatic heterocycles. The molecule has 1 nitrogen and oxygen atoms in total. The molecule has 0 radical (unpaired) electrons. The van der Waals surface area contributed by atoms with Crippen molar-refractivity contribution in [2.45, 2.75) is 5.41 Å². The summed E-state index contributed by atoms with van der Waals surface area (Å²) >= 11 is 3.63. The first kappa shape index (κ1) is 22.6. The van der Waals surface area contributed by atoms with Gasteiger partial charge in [0.15, 0.2) is 0 Å². The van der Waals surface area contributed by atoms with Crippen molar-refractivity contribution >= 4 is 37.9 Å². The average Bonchev–Trinajstić information content (AvgIpc) is 3.52. The molecule has 1 aromatic heterocycles. The van der Waals surface area contributed by atoms with Gasteiger partial charge < -0.3 is 4.42 Å². The Hall–Kier alpha value is -4.40. The average molecular weight is 563 g/mol. The molecule has 0 spiro atoms. The summed E-state index contributed by atoms with van der Waals surface area (Å²) in [6, 6.07) is 50.2. The number of para-hydroxylation sites is 2. The number of benzene rings is 6. The zero-order valence-electron chi connectivity index (χ0n) is 21.1. The van der Waals surface area contributed by atoms with Crippen LogP contribution < -0.4 is 0 Å². The zero-order chi connectivity index (χ0) is 26.0. The minimum Gasteiger partial charge on any atom is -0.456 e. The van der Waals surface area contributed by atoms with E-state index in [1.165, 1.54) is 44.5 Å². The molecule has 0 atom stereocenters. The molecular formula is C37H23BrO. The van der Waals surface area contributed by atoms with E-state index in [1.807, 2.05) is 6.07 Å². The van der Waals surface area contributed by atoms with Crippen molar-refractivity contribution in [2.75, 3.05) is 0 Å². The molecule has 1 aliphatic rings. The number of hydrogen-bond acceptors (Lipinski definition) is 1. The Morgan fingerprint density at radius 2 is 1.10 bits per heavy atom. The first-order valence-electron chi connectivity index (χ1n) is 13.2. The van der Waals surface area contributed by atoms with E-state index in [-0.39, 0.29) is 0 Å². The van der Waals surface area contributed by atoms with Crippen molar-refractivity contribution in [3.8, 4) is 22.3 Å². The van der Waals surface area contributed by atoms with Gasteiger partial charge in [0, 0.05) is 20.8 Å². The first-order chi connectivity index (χ1) is 19.2. The van der Waals surface area contributed by atoms with Crippen LogP contribution in [0.5, 0.6) is 0 Å². The molecule has 184 valence electrons. The van der Waals surface area contributed by atoms with Gasteiger partial charge in [-0.2, -0.15) is 0 Å². The monoisotopic (exact) mass is 562 g/mol. The van der Waals surface area contributed by atoms with Gasteiger partial charge in [0.05, 0.1) is 5.41 Å². The summed E-state index contributed by atoms with van der Waals surface area (Å²) in [7, 11) is 0. The minimum absolute atomic E-state index is 0.517. The molecule has 1 heterocycles. The lowest BCUT2D eigenvalue weighted by Gasteiger charge is -2.34. The molecule has 0 amide bonds. The Morgan fingerprint density at radius 3 is 1.85 bits per heavy atom. The second kappa shape index (κ2) is 8.56. The highest BCUT2D eigenvalue weighted by Crippen LogP contribution is 2.57. The van der Waals surface area contributed by atoms with Crippen LogP contribution >= 0.6 is 15.9 Å². The second-order valence-electron chi connectivity index (χ2n) is 10.2. The van der Waals surface area contributed by atoms with Gasteiger partial charge in [0.2, 0.25) is 0 Å². The van der Waals surface area contributed by atoms with E-state index >= 15 is 0 Å². The summed E-state index contributed by atoms with van der Waals surface area (Å²) in [5.74, 6) is 0. The maximum absolute atomic E-state index is 6.67. The van der Waals surface area contributed by atoms with Crippen molar-refractivity contribution in [3.63, 3.8) is 0 Å². The number of hydrogen-bond donors (Lipinski definition) is 0. The zero-order valence-corrected chi connectivity index (χ0v) is 22.7. The van der Waals surface area contributed by atoms with Crippen molar-refractivity contribution in [3.05, 3.63) is 166 Å². The van der Waals surface area contributed by atoms with Crippen LogP contribution in [0.15, 0.2) is 148 Å². The fraction of sp³-hybridized carbons (Fsp3) is 0.0270.